The SMILES string of the molecule is CC(C)(CO)NC(=O)CSCCNC(=O)OC(C)(C)C. The maximum absolute atomic E-state index is 11.5. The number of thioether (sulfide) groups is 1. The second kappa shape index (κ2) is 8.36. The van der Waals surface area contributed by atoms with Gasteiger partial charge in [-0.05, 0) is 34.6 Å². The molecule has 0 aromatic heterocycles. The van der Waals surface area contributed by atoms with Crippen molar-refractivity contribution >= 4 is 23.8 Å². The molecule has 20 heavy (non-hydrogen) atoms. The Labute approximate surface area is 125 Å². The van der Waals surface area contributed by atoms with Crippen LogP contribution >= 0.6 is 11.8 Å². The van der Waals surface area contributed by atoms with Gasteiger partial charge in [0.2, 0.25) is 5.91 Å². The number of hydrogen-bond acceptors (Lipinski definition) is 5. The molecule has 0 fully saturated rings. The quantitative estimate of drug-likeness (QED) is 0.614. The molecule has 0 aliphatic carbocycles. The van der Waals surface area contributed by atoms with E-state index in [-0.39, 0.29) is 12.5 Å². The first-order chi connectivity index (χ1) is 9.06. The Morgan fingerprint density at radius 2 is 1.80 bits per heavy atom. The highest BCUT2D eigenvalue weighted by molar-refractivity contribution is 7.99. The van der Waals surface area contributed by atoms with Crippen LogP contribution in [0.2, 0.25) is 0 Å². The van der Waals surface area contributed by atoms with Gasteiger partial charge in [0.15, 0.2) is 0 Å². The van der Waals surface area contributed by atoms with E-state index in [1.54, 1.807) is 34.6 Å². The third kappa shape index (κ3) is 10.9. The number of amides is 2. The number of alkyl carbamates (subject to hydrolysis) is 1. The maximum Gasteiger partial charge on any atom is 0.407 e. The molecule has 0 spiro atoms. The number of rotatable bonds is 7. The van der Waals surface area contributed by atoms with Crippen LogP contribution in [0, 0.1) is 0 Å². The third-order valence-corrected chi connectivity index (χ3v) is 2.98. The Morgan fingerprint density at radius 1 is 1.20 bits per heavy atom. The van der Waals surface area contributed by atoms with E-state index in [0.717, 1.165) is 0 Å². The van der Waals surface area contributed by atoms with E-state index in [1.807, 2.05) is 0 Å². The van der Waals surface area contributed by atoms with Crippen LogP contribution in [0.3, 0.4) is 0 Å². The number of carbonyl (C=O) groups excluding carboxylic acids is 2. The molecule has 118 valence electrons. The predicted octanol–water partition coefficient (Wildman–Crippen LogP) is 1.13. The van der Waals surface area contributed by atoms with Crippen molar-refractivity contribution in [2.75, 3.05) is 24.7 Å². The lowest BCUT2D eigenvalue weighted by Gasteiger charge is -2.23. The third-order valence-electron chi connectivity index (χ3n) is 2.02. The van der Waals surface area contributed by atoms with E-state index in [4.69, 9.17) is 9.84 Å². The molecule has 0 aromatic carbocycles. The summed E-state index contributed by atoms with van der Waals surface area (Å²) >= 11 is 1.41. The summed E-state index contributed by atoms with van der Waals surface area (Å²) in [4.78, 5) is 22.9. The highest BCUT2D eigenvalue weighted by Crippen LogP contribution is 2.06. The van der Waals surface area contributed by atoms with Gasteiger partial charge in [-0.15, -0.1) is 0 Å². The largest absolute Gasteiger partial charge is 0.444 e. The molecule has 0 heterocycles. The zero-order valence-corrected chi connectivity index (χ0v) is 13.7. The molecule has 0 aromatic rings. The van der Waals surface area contributed by atoms with Crippen LogP contribution in [0.5, 0.6) is 0 Å². The number of hydrogen-bond donors (Lipinski definition) is 3. The topological polar surface area (TPSA) is 87.7 Å². The molecule has 6 nitrogen and oxygen atoms in total. The average Bonchev–Trinajstić information content (AvgIpc) is 2.25. The number of aliphatic hydroxyl groups is 1. The van der Waals surface area contributed by atoms with Crippen LogP contribution in [0.25, 0.3) is 0 Å². The number of ether oxygens (including phenoxy) is 1. The van der Waals surface area contributed by atoms with Gasteiger partial charge < -0.3 is 20.5 Å². The van der Waals surface area contributed by atoms with Crippen LogP contribution in [-0.4, -0.2) is 52.9 Å². The van der Waals surface area contributed by atoms with Gasteiger partial charge in [-0.1, -0.05) is 0 Å². The minimum atomic E-state index is -0.605. The molecule has 0 unspecified atom stereocenters. The van der Waals surface area contributed by atoms with Crippen LogP contribution < -0.4 is 10.6 Å². The van der Waals surface area contributed by atoms with Crippen LogP contribution in [0.1, 0.15) is 34.6 Å². The molecule has 0 saturated heterocycles. The summed E-state index contributed by atoms with van der Waals surface area (Å²) in [6, 6.07) is 0. The predicted molar refractivity (Wildman–Crippen MR) is 80.9 cm³/mol. The Hall–Kier alpha value is -0.950. The van der Waals surface area contributed by atoms with Crippen molar-refractivity contribution < 1.29 is 19.4 Å². The van der Waals surface area contributed by atoms with Crippen molar-refractivity contribution in [1.82, 2.24) is 10.6 Å². The summed E-state index contributed by atoms with van der Waals surface area (Å²) in [7, 11) is 0. The van der Waals surface area contributed by atoms with Crippen molar-refractivity contribution in [3.8, 4) is 0 Å². The zero-order chi connectivity index (χ0) is 15.8. The molecule has 3 N–H and O–H groups in total. The number of carbonyl (C=O) groups is 2. The molecule has 7 heteroatoms. The Balaban J connectivity index is 3.68. The second-order valence-corrected chi connectivity index (χ2v) is 7.18. The fourth-order valence-corrected chi connectivity index (χ4v) is 1.81. The highest BCUT2D eigenvalue weighted by atomic mass is 32.2. The van der Waals surface area contributed by atoms with Gasteiger partial charge in [-0.25, -0.2) is 4.79 Å². The summed E-state index contributed by atoms with van der Waals surface area (Å²) in [5.74, 6) is 0.775. The molecule has 0 aliphatic heterocycles. The molecule has 0 atom stereocenters. The monoisotopic (exact) mass is 306 g/mol. The second-order valence-electron chi connectivity index (χ2n) is 6.07. The van der Waals surface area contributed by atoms with E-state index in [2.05, 4.69) is 10.6 Å². The molecule has 0 aliphatic rings. The fourth-order valence-electron chi connectivity index (χ4n) is 1.16. The summed E-state index contributed by atoms with van der Waals surface area (Å²) in [5.41, 5.74) is -1.11. The molecule has 0 saturated carbocycles. The maximum atomic E-state index is 11.5. The summed E-state index contributed by atoms with van der Waals surface area (Å²) in [6.07, 6.45) is -0.455. The van der Waals surface area contributed by atoms with E-state index >= 15 is 0 Å². The lowest BCUT2D eigenvalue weighted by Crippen LogP contribution is -2.47. The van der Waals surface area contributed by atoms with E-state index in [9.17, 15) is 9.59 Å². The van der Waals surface area contributed by atoms with Gasteiger partial charge in [-0.2, -0.15) is 11.8 Å². The minimum absolute atomic E-state index is 0.108. The molecule has 0 rings (SSSR count). The van der Waals surface area contributed by atoms with E-state index in [1.165, 1.54) is 11.8 Å². The van der Waals surface area contributed by atoms with Crippen LogP contribution in [0.4, 0.5) is 4.79 Å². The first kappa shape index (κ1) is 19.1. The molecule has 0 bridgehead atoms. The summed E-state index contributed by atoms with van der Waals surface area (Å²) in [5, 5.41) is 14.4. The van der Waals surface area contributed by atoms with Crippen molar-refractivity contribution in [2.24, 2.45) is 0 Å². The van der Waals surface area contributed by atoms with Crippen molar-refractivity contribution in [3.63, 3.8) is 0 Å². The Bertz CT molecular complexity index is 327. The molecule has 2 amide bonds. The van der Waals surface area contributed by atoms with Gasteiger partial charge in [-0.3, -0.25) is 4.79 Å². The standard InChI is InChI=1S/C13H26N2O4S/c1-12(2,3)19-11(18)14-6-7-20-8-10(17)15-13(4,5)9-16/h16H,6-9H2,1-5H3,(H,14,18)(H,15,17). The van der Waals surface area contributed by atoms with Crippen molar-refractivity contribution in [3.05, 3.63) is 0 Å². The van der Waals surface area contributed by atoms with Crippen molar-refractivity contribution in [1.29, 1.82) is 0 Å². The van der Waals surface area contributed by atoms with Crippen LogP contribution in [0.15, 0.2) is 0 Å². The lowest BCUT2D eigenvalue weighted by molar-refractivity contribution is -0.120. The summed E-state index contributed by atoms with van der Waals surface area (Å²) in [6.45, 7) is 9.23. The Morgan fingerprint density at radius 3 is 2.30 bits per heavy atom. The average molecular weight is 306 g/mol. The molecular weight excluding hydrogens is 280 g/mol. The lowest BCUT2D eigenvalue weighted by atomic mass is 10.1. The first-order valence-corrected chi connectivity index (χ1v) is 7.68. The smallest absolute Gasteiger partial charge is 0.407 e. The minimum Gasteiger partial charge on any atom is -0.444 e. The number of aliphatic hydroxyl groups excluding tert-OH is 1. The van der Waals surface area contributed by atoms with Crippen molar-refractivity contribution in [2.45, 2.75) is 45.8 Å². The van der Waals surface area contributed by atoms with Gasteiger partial charge in [0, 0.05) is 12.3 Å². The molecule has 0 radical (unpaired) electrons. The van der Waals surface area contributed by atoms with Gasteiger partial charge in [0.25, 0.3) is 0 Å². The normalized spacial score (nSPS) is 11.9. The highest BCUT2D eigenvalue weighted by Gasteiger charge is 2.19. The van der Waals surface area contributed by atoms with Gasteiger partial charge in [0.1, 0.15) is 5.60 Å². The first-order valence-electron chi connectivity index (χ1n) is 6.52. The van der Waals surface area contributed by atoms with Gasteiger partial charge in [0.05, 0.1) is 17.9 Å². The van der Waals surface area contributed by atoms with Gasteiger partial charge >= 0.3 is 6.09 Å². The fraction of sp³-hybridized carbons (Fsp3) is 0.846. The zero-order valence-electron chi connectivity index (χ0n) is 12.9. The molecular formula is C13H26N2O4S. The number of nitrogens with one attached hydrogen (secondary N) is 2. The van der Waals surface area contributed by atoms with E-state index in [0.29, 0.717) is 18.1 Å². The Kier molecular flexibility index (Phi) is 7.96. The van der Waals surface area contributed by atoms with Crippen LogP contribution in [-0.2, 0) is 9.53 Å². The summed E-state index contributed by atoms with van der Waals surface area (Å²) < 4.78 is 5.08. The van der Waals surface area contributed by atoms with E-state index < -0.39 is 17.2 Å².